The second kappa shape index (κ2) is 9.86. The number of hydrogen-bond donors (Lipinski definition) is 0. The van der Waals surface area contributed by atoms with Crippen LogP contribution >= 0.6 is 17.0 Å². The van der Waals surface area contributed by atoms with Crippen molar-refractivity contribution in [2.24, 2.45) is 0 Å². The van der Waals surface area contributed by atoms with E-state index in [0.29, 0.717) is 0 Å². The van der Waals surface area contributed by atoms with Crippen LogP contribution in [-0.2, 0) is 15.9 Å². The molecule has 4 rings (SSSR count). The number of allylic oxidation sites excluding steroid dienone is 4. The van der Waals surface area contributed by atoms with Crippen LogP contribution in [0.4, 0.5) is 0 Å². The van der Waals surface area contributed by atoms with Gasteiger partial charge in [0.2, 0.25) is 0 Å². The van der Waals surface area contributed by atoms with Crippen LogP contribution in [0, 0.1) is 0 Å². The van der Waals surface area contributed by atoms with E-state index in [4.69, 9.17) is 21.2 Å². The van der Waals surface area contributed by atoms with Gasteiger partial charge in [-0.3, -0.25) is 0 Å². The molecule has 2 atom stereocenters. The Morgan fingerprint density at radius 1 is 0.688 bits per heavy atom. The molecule has 2 aromatic carbocycles. The van der Waals surface area contributed by atoms with Crippen molar-refractivity contribution in [2.75, 3.05) is 0 Å². The van der Waals surface area contributed by atoms with Gasteiger partial charge in [-0.2, -0.15) is 0 Å². The van der Waals surface area contributed by atoms with Crippen molar-refractivity contribution in [3.63, 3.8) is 0 Å². The summed E-state index contributed by atoms with van der Waals surface area (Å²) in [6.07, 6.45) is 14.4. The van der Waals surface area contributed by atoms with Crippen molar-refractivity contribution >= 4 is 32.4 Å². The molecule has 0 N–H and O–H groups in total. The minimum absolute atomic E-state index is 0.0527. The van der Waals surface area contributed by atoms with Crippen LogP contribution < -0.4 is 0 Å². The molecule has 0 saturated carbocycles. The van der Waals surface area contributed by atoms with E-state index in [1.54, 1.807) is 0 Å². The van der Waals surface area contributed by atoms with Gasteiger partial charge in [-0.1, -0.05) is 0 Å². The number of rotatable bonds is 10. The Morgan fingerprint density at radius 3 is 1.50 bits per heavy atom. The van der Waals surface area contributed by atoms with Crippen molar-refractivity contribution < 1.29 is 15.9 Å². The van der Waals surface area contributed by atoms with Crippen LogP contribution in [0.15, 0.2) is 60.7 Å². The maximum atomic E-state index is 7.69. The molecular weight excluding hydrogens is 510 g/mol. The zero-order valence-electron chi connectivity index (χ0n) is 19.5. The van der Waals surface area contributed by atoms with Crippen LogP contribution in [-0.4, -0.2) is 4.21 Å². The van der Waals surface area contributed by atoms with Crippen molar-refractivity contribution in [3.8, 4) is 0 Å². The Balaban J connectivity index is 1.75. The zero-order valence-corrected chi connectivity index (χ0v) is 23.5. The molecule has 0 spiro atoms. The Kier molecular flexibility index (Phi) is 7.51. The fourth-order valence-corrected chi connectivity index (χ4v) is 17.9. The molecule has 32 heavy (non-hydrogen) atoms. The zero-order chi connectivity index (χ0) is 22.8. The standard InChI is InChI=1S/2C14H17.CH2.2ClH.Zr/c2*1-2-3-4-7-12-10-11-13-8-5-6-9-14(12)13;;;;/h2*5-6,8-11H,2-4,7H2,1H3;1H2;2*1H;/q;;;;;+2/p-2. The first kappa shape index (κ1) is 24.4. The van der Waals surface area contributed by atoms with Crippen LogP contribution in [0.5, 0.6) is 0 Å². The van der Waals surface area contributed by atoms with Crippen molar-refractivity contribution in [1.82, 2.24) is 0 Å². The Hall–Kier alpha value is -0.747. The molecule has 0 saturated heterocycles. The van der Waals surface area contributed by atoms with Gasteiger partial charge < -0.3 is 0 Å². The van der Waals surface area contributed by atoms with Crippen molar-refractivity contribution in [2.45, 2.75) is 72.5 Å². The monoisotopic (exact) mass is 544 g/mol. The van der Waals surface area contributed by atoms with Gasteiger partial charge in [-0.25, -0.2) is 0 Å². The van der Waals surface area contributed by atoms with E-state index < -0.39 is 15.9 Å². The minimum atomic E-state index is -4.59. The molecule has 0 radical (unpaired) electrons. The molecule has 2 aliphatic rings. The molecule has 2 aliphatic carbocycles. The predicted octanol–water partition coefficient (Wildman–Crippen LogP) is 9.85. The first-order valence-corrected chi connectivity index (χ1v) is 23.3. The molecule has 0 amide bonds. The summed E-state index contributed by atoms with van der Waals surface area (Å²) in [4.78, 5) is 0. The van der Waals surface area contributed by atoms with Gasteiger partial charge in [0.25, 0.3) is 0 Å². The summed E-state index contributed by atoms with van der Waals surface area (Å²) in [7, 11) is 15.4. The molecule has 3 heteroatoms. The number of hydrogen-bond acceptors (Lipinski definition) is 0. The first-order valence-electron chi connectivity index (χ1n) is 12.4. The average Bonchev–Trinajstić information content (AvgIpc) is 3.35. The van der Waals surface area contributed by atoms with E-state index in [9.17, 15) is 0 Å². The van der Waals surface area contributed by atoms with Crippen LogP contribution in [0.2, 0.25) is 0 Å². The van der Waals surface area contributed by atoms with Gasteiger partial charge in [-0.05, 0) is 0 Å². The molecule has 0 aliphatic heterocycles. The number of unbranched alkanes of at least 4 members (excludes halogenated alkanes) is 4. The summed E-state index contributed by atoms with van der Waals surface area (Å²) in [5.41, 5.74) is 8.13. The van der Waals surface area contributed by atoms with E-state index in [2.05, 4.69) is 74.5 Å². The summed E-state index contributed by atoms with van der Waals surface area (Å²) in [5.74, 6) is 0. The average molecular weight is 547 g/mol. The molecule has 0 fully saturated rings. The summed E-state index contributed by atoms with van der Waals surface area (Å²) in [6, 6.07) is 17.5. The summed E-state index contributed by atoms with van der Waals surface area (Å²) in [5, 5.41) is 0. The Morgan fingerprint density at radius 2 is 1.09 bits per heavy atom. The fourth-order valence-electron chi connectivity index (χ4n) is 5.62. The van der Waals surface area contributed by atoms with Crippen LogP contribution in [0.25, 0.3) is 11.1 Å². The number of halogens is 2. The van der Waals surface area contributed by atoms with Crippen molar-refractivity contribution in [3.05, 3.63) is 82.9 Å². The Bertz CT molecular complexity index is 1020. The summed E-state index contributed by atoms with van der Waals surface area (Å²) < 4.78 is 4.88. The fraction of sp³-hybridized carbons (Fsp3) is 0.414. The van der Waals surface area contributed by atoms with Gasteiger partial charge in [0.15, 0.2) is 0 Å². The van der Waals surface area contributed by atoms with E-state index in [1.807, 2.05) is 0 Å². The SMILES string of the molecule is [CH2]=[Zr]([Cl])([Cl])([CH]1C=C(CCCCC)c2ccccc21)[CH]1C=C(CCCCC)c2ccccc21. The molecular formula is C29H36Cl2Zr. The second-order valence-electron chi connectivity index (χ2n) is 9.78. The quantitative estimate of drug-likeness (QED) is 0.260. The van der Waals surface area contributed by atoms with Crippen LogP contribution in [0.1, 0.15) is 94.7 Å². The molecule has 2 unspecified atom stereocenters. The summed E-state index contributed by atoms with van der Waals surface area (Å²) in [6.45, 7) is 4.51. The van der Waals surface area contributed by atoms with E-state index in [0.717, 1.165) is 12.8 Å². The van der Waals surface area contributed by atoms with Gasteiger partial charge >= 0.3 is 204 Å². The normalized spacial score (nSPS) is 20.0. The Labute approximate surface area is 202 Å². The molecule has 2 aromatic rings. The van der Waals surface area contributed by atoms with Gasteiger partial charge in [0.05, 0.1) is 0 Å². The summed E-state index contributed by atoms with van der Waals surface area (Å²) >= 11 is -4.59. The number of benzene rings is 2. The second-order valence-corrected chi connectivity index (χ2v) is 31.2. The third-order valence-electron chi connectivity index (χ3n) is 7.39. The van der Waals surface area contributed by atoms with Crippen LogP contribution in [0.3, 0.4) is 0 Å². The van der Waals surface area contributed by atoms with E-state index in [-0.39, 0.29) is 7.25 Å². The topological polar surface area (TPSA) is 0 Å². The molecule has 170 valence electrons. The van der Waals surface area contributed by atoms with Gasteiger partial charge in [0, 0.05) is 0 Å². The number of fused-ring (bicyclic) bond motifs is 2. The molecule has 0 bridgehead atoms. The third kappa shape index (κ3) is 4.60. The van der Waals surface area contributed by atoms with Crippen molar-refractivity contribution in [1.29, 1.82) is 0 Å². The molecule has 0 heterocycles. The third-order valence-corrected chi connectivity index (χ3v) is 21.5. The van der Waals surface area contributed by atoms with E-state index >= 15 is 0 Å². The molecule has 0 aromatic heterocycles. The first-order chi connectivity index (χ1) is 15.4. The maximum absolute atomic E-state index is 7.69. The van der Waals surface area contributed by atoms with E-state index in [1.165, 1.54) is 71.9 Å². The van der Waals surface area contributed by atoms with Gasteiger partial charge in [-0.15, -0.1) is 0 Å². The van der Waals surface area contributed by atoms with Gasteiger partial charge in [0.1, 0.15) is 0 Å². The molecule has 0 nitrogen and oxygen atoms in total. The predicted molar refractivity (Wildman–Crippen MR) is 141 cm³/mol.